The molecule has 1 saturated carbocycles. The molecule has 0 spiro atoms. The van der Waals surface area contributed by atoms with Gasteiger partial charge in [0.2, 0.25) is 0 Å². The molecule has 2 heterocycles. The van der Waals surface area contributed by atoms with Crippen LogP contribution < -0.4 is 5.32 Å². The van der Waals surface area contributed by atoms with Crippen LogP contribution in [0.4, 0.5) is 9.93 Å². The number of rotatable bonds is 4. The predicted octanol–water partition coefficient (Wildman–Crippen LogP) is 3.98. The molecule has 1 N–H and O–H groups in total. The second kappa shape index (κ2) is 5.89. The highest BCUT2D eigenvalue weighted by molar-refractivity contribution is 7.13. The summed E-state index contributed by atoms with van der Waals surface area (Å²) in [5.41, 5.74) is 2.14. The highest BCUT2D eigenvalue weighted by Gasteiger charge is 2.22. The van der Waals surface area contributed by atoms with E-state index in [9.17, 15) is 4.79 Å². The van der Waals surface area contributed by atoms with Crippen molar-refractivity contribution in [3.8, 4) is 0 Å². The maximum atomic E-state index is 12.2. The van der Waals surface area contributed by atoms with Crippen LogP contribution in [-0.4, -0.2) is 23.0 Å². The molecule has 0 unspecified atom stereocenters. The number of carbonyl (C=O) groups is 1. The zero-order chi connectivity index (χ0) is 14.8. The van der Waals surface area contributed by atoms with Gasteiger partial charge in [-0.2, -0.15) is 0 Å². The normalized spacial score (nSPS) is 14.8. The van der Waals surface area contributed by atoms with Gasteiger partial charge in [0.15, 0.2) is 5.13 Å². The molecule has 1 fully saturated rings. The minimum atomic E-state index is -0.148. The molecule has 1 aliphatic carbocycles. The summed E-state index contributed by atoms with van der Waals surface area (Å²) < 4.78 is 5.24. The van der Waals surface area contributed by atoms with Gasteiger partial charge in [-0.15, -0.1) is 11.3 Å². The van der Waals surface area contributed by atoms with E-state index in [0.29, 0.717) is 17.6 Å². The number of anilines is 1. The molecule has 2 aromatic heterocycles. The average molecular weight is 305 g/mol. The van der Waals surface area contributed by atoms with Crippen molar-refractivity contribution in [1.82, 2.24) is 9.88 Å². The number of hydrogen-bond donors (Lipinski definition) is 1. The van der Waals surface area contributed by atoms with Crippen molar-refractivity contribution in [1.29, 1.82) is 0 Å². The van der Waals surface area contributed by atoms with Gasteiger partial charge in [-0.25, -0.2) is 9.78 Å². The molecule has 0 radical (unpaired) electrons. The Labute approximate surface area is 128 Å². The lowest BCUT2D eigenvalue weighted by Gasteiger charge is -2.23. The molecule has 0 saturated heterocycles. The average Bonchev–Trinajstić information content (AvgIpc) is 2.98. The number of aryl methyl sites for hydroxylation is 1. The van der Waals surface area contributed by atoms with Gasteiger partial charge in [-0.3, -0.25) is 5.32 Å². The second-order valence-corrected chi connectivity index (χ2v) is 6.35. The van der Waals surface area contributed by atoms with E-state index in [0.717, 1.165) is 17.0 Å². The van der Waals surface area contributed by atoms with Gasteiger partial charge in [0.25, 0.3) is 0 Å². The van der Waals surface area contributed by atoms with Crippen molar-refractivity contribution in [2.75, 3.05) is 12.4 Å². The molecular weight excluding hydrogens is 286 g/mol. The summed E-state index contributed by atoms with van der Waals surface area (Å²) in [5.74, 6) is 1.44. The van der Waals surface area contributed by atoms with Crippen LogP contribution in [0.3, 0.4) is 0 Å². The van der Waals surface area contributed by atoms with E-state index in [4.69, 9.17) is 4.42 Å². The zero-order valence-corrected chi connectivity index (χ0v) is 13.1. The Morgan fingerprint density at radius 3 is 3.00 bits per heavy atom. The maximum Gasteiger partial charge on any atom is 0.323 e. The van der Waals surface area contributed by atoms with Crippen LogP contribution in [0.5, 0.6) is 0 Å². The summed E-state index contributed by atoms with van der Waals surface area (Å²) >= 11 is 1.50. The van der Waals surface area contributed by atoms with Crippen LogP contribution in [0.15, 0.2) is 22.1 Å². The minimum Gasteiger partial charge on any atom is -0.469 e. The SMILES string of the molecule is Cc1occc1CN(C)C(=O)Nc1nc(C2CCC2)cs1. The van der Waals surface area contributed by atoms with Gasteiger partial charge in [0.05, 0.1) is 18.5 Å². The van der Waals surface area contributed by atoms with Gasteiger partial charge in [0, 0.05) is 23.9 Å². The second-order valence-electron chi connectivity index (χ2n) is 5.49. The standard InChI is InChI=1S/C15H19N3O2S/c1-10-12(6-7-20-10)8-18(2)15(19)17-14-16-13(9-21-14)11-4-3-5-11/h6-7,9,11H,3-5,8H2,1-2H3,(H,16,17,19). The first-order valence-electron chi connectivity index (χ1n) is 7.14. The van der Waals surface area contributed by atoms with E-state index in [1.807, 2.05) is 13.0 Å². The molecule has 6 heteroatoms. The quantitative estimate of drug-likeness (QED) is 0.929. The van der Waals surface area contributed by atoms with Crippen LogP contribution in [0.1, 0.15) is 42.2 Å². The summed E-state index contributed by atoms with van der Waals surface area (Å²) in [5, 5.41) is 5.59. The van der Waals surface area contributed by atoms with Crippen LogP contribution in [0, 0.1) is 6.92 Å². The fraction of sp³-hybridized carbons (Fsp3) is 0.467. The van der Waals surface area contributed by atoms with Gasteiger partial charge in [-0.1, -0.05) is 6.42 Å². The lowest BCUT2D eigenvalue weighted by Crippen LogP contribution is -2.30. The number of nitrogens with one attached hydrogen (secondary N) is 1. The first kappa shape index (κ1) is 14.1. The number of hydrogen-bond acceptors (Lipinski definition) is 4. The zero-order valence-electron chi connectivity index (χ0n) is 12.3. The van der Waals surface area contributed by atoms with Gasteiger partial charge in [-0.05, 0) is 25.8 Å². The van der Waals surface area contributed by atoms with Crippen molar-refractivity contribution in [3.05, 3.63) is 34.7 Å². The number of carbonyl (C=O) groups excluding carboxylic acids is 1. The lowest BCUT2D eigenvalue weighted by molar-refractivity contribution is 0.220. The predicted molar refractivity (Wildman–Crippen MR) is 82.6 cm³/mol. The van der Waals surface area contributed by atoms with Gasteiger partial charge < -0.3 is 9.32 Å². The Morgan fingerprint density at radius 1 is 1.57 bits per heavy atom. The third-order valence-corrected chi connectivity index (χ3v) is 4.76. The molecular formula is C15H19N3O2S. The van der Waals surface area contributed by atoms with E-state index in [1.54, 1.807) is 18.2 Å². The molecule has 0 bridgehead atoms. The minimum absolute atomic E-state index is 0.148. The van der Waals surface area contributed by atoms with Crippen molar-refractivity contribution in [3.63, 3.8) is 0 Å². The molecule has 112 valence electrons. The van der Waals surface area contributed by atoms with Crippen molar-refractivity contribution >= 4 is 22.5 Å². The molecule has 0 aromatic carbocycles. The highest BCUT2D eigenvalue weighted by Crippen LogP contribution is 2.37. The van der Waals surface area contributed by atoms with Crippen molar-refractivity contribution in [2.24, 2.45) is 0 Å². The van der Waals surface area contributed by atoms with Crippen LogP contribution in [0.2, 0.25) is 0 Å². The largest absolute Gasteiger partial charge is 0.469 e. The number of amides is 2. The van der Waals surface area contributed by atoms with Crippen molar-refractivity contribution in [2.45, 2.75) is 38.6 Å². The van der Waals surface area contributed by atoms with Crippen LogP contribution in [-0.2, 0) is 6.54 Å². The number of furan rings is 1. The Morgan fingerprint density at radius 2 is 2.38 bits per heavy atom. The summed E-state index contributed by atoms with van der Waals surface area (Å²) in [7, 11) is 1.77. The molecule has 5 nitrogen and oxygen atoms in total. The summed E-state index contributed by atoms with van der Waals surface area (Å²) in [6.45, 7) is 2.42. The smallest absolute Gasteiger partial charge is 0.323 e. The molecule has 2 amide bonds. The Hall–Kier alpha value is -1.82. The monoisotopic (exact) mass is 305 g/mol. The van der Waals surface area contributed by atoms with E-state index >= 15 is 0 Å². The Bertz CT molecular complexity index is 630. The fourth-order valence-corrected chi connectivity index (χ4v) is 3.11. The number of nitrogens with zero attached hydrogens (tertiary/aromatic N) is 2. The molecule has 2 aromatic rings. The summed E-state index contributed by atoms with van der Waals surface area (Å²) in [6, 6.07) is 1.74. The van der Waals surface area contributed by atoms with E-state index in [2.05, 4.69) is 15.7 Å². The Kier molecular flexibility index (Phi) is 3.96. The first-order chi connectivity index (χ1) is 10.1. The topological polar surface area (TPSA) is 58.4 Å². The molecule has 21 heavy (non-hydrogen) atoms. The molecule has 0 aliphatic heterocycles. The lowest BCUT2D eigenvalue weighted by atomic mass is 9.83. The van der Waals surface area contributed by atoms with Crippen LogP contribution in [0.25, 0.3) is 0 Å². The number of urea groups is 1. The summed E-state index contributed by atoms with van der Waals surface area (Å²) in [6.07, 6.45) is 5.37. The third-order valence-electron chi connectivity index (χ3n) is 3.98. The van der Waals surface area contributed by atoms with E-state index in [1.165, 1.54) is 30.6 Å². The number of thiazole rings is 1. The highest BCUT2D eigenvalue weighted by atomic mass is 32.1. The number of aromatic nitrogens is 1. The first-order valence-corrected chi connectivity index (χ1v) is 8.02. The maximum absolute atomic E-state index is 12.2. The van der Waals surface area contributed by atoms with Crippen molar-refractivity contribution < 1.29 is 9.21 Å². The fourth-order valence-electron chi connectivity index (χ4n) is 2.32. The van der Waals surface area contributed by atoms with Gasteiger partial charge in [0.1, 0.15) is 5.76 Å². The van der Waals surface area contributed by atoms with E-state index < -0.39 is 0 Å². The van der Waals surface area contributed by atoms with E-state index in [-0.39, 0.29) is 6.03 Å². The summed E-state index contributed by atoms with van der Waals surface area (Å²) in [4.78, 5) is 18.3. The molecule has 0 atom stereocenters. The third kappa shape index (κ3) is 3.10. The van der Waals surface area contributed by atoms with Crippen LogP contribution >= 0.6 is 11.3 Å². The Balaban J connectivity index is 1.57. The molecule has 3 rings (SSSR count). The van der Waals surface area contributed by atoms with Gasteiger partial charge >= 0.3 is 6.03 Å². The molecule has 1 aliphatic rings.